The molecule has 0 atom stereocenters. The first-order chi connectivity index (χ1) is 8.11. The van der Waals surface area contributed by atoms with Crippen LogP contribution in [0, 0.1) is 32.1 Å². The minimum atomic E-state index is 0.473. The smallest absolute Gasteiger partial charge is 0.140 e. The summed E-state index contributed by atoms with van der Waals surface area (Å²) < 4.78 is 2.21. The van der Waals surface area contributed by atoms with Crippen LogP contribution in [0.15, 0.2) is 24.5 Å². The molecular weight excluding hydrogens is 210 g/mol. The van der Waals surface area contributed by atoms with Crippen LogP contribution in [-0.4, -0.2) is 9.55 Å². The Balaban J connectivity index is 2.32. The summed E-state index contributed by atoms with van der Waals surface area (Å²) in [4.78, 5) is 3.97. The maximum Gasteiger partial charge on any atom is 0.140 e. The summed E-state index contributed by atoms with van der Waals surface area (Å²) in [6.07, 6.45) is 3.84. The lowest BCUT2D eigenvalue weighted by Crippen LogP contribution is -2.01. The standard InChI is InChI=1S/C14H15N3/c1-10-8-17(12(3)11(10)2)9-13-4-5-16-14(6-13)7-15/h4-6,8H,9H2,1-3H3. The van der Waals surface area contributed by atoms with Gasteiger partial charge >= 0.3 is 0 Å². The van der Waals surface area contributed by atoms with E-state index < -0.39 is 0 Å². The van der Waals surface area contributed by atoms with E-state index in [2.05, 4.69) is 42.6 Å². The highest BCUT2D eigenvalue weighted by Gasteiger charge is 2.06. The van der Waals surface area contributed by atoms with Gasteiger partial charge in [-0.2, -0.15) is 5.26 Å². The van der Waals surface area contributed by atoms with Gasteiger partial charge in [0.2, 0.25) is 0 Å². The number of aryl methyl sites for hydroxylation is 1. The van der Waals surface area contributed by atoms with Crippen molar-refractivity contribution in [2.45, 2.75) is 27.3 Å². The molecule has 17 heavy (non-hydrogen) atoms. The van der Waals surface area contributed by atoms with E-state index in [1.165, 1.54) is 16.8 Å². The molecule has 0 N–H and O–H groups in total. The van der Waals surface area contributed by atoms with Crippen molar-refractivity contribution in [3.8, 4) is 6.07 Å². The normalized spacial score (nSPS) is 10.2. The number of rotatable bonds is 2. The Morgan fingerprint density at radius 1 is 1.35 bits per heavy atom. The number of pyridine rings is 1. The van der Waals surface area contributed by atoms with E-state index in [1.54, 1.807) is 6.20 Å². The average molecular weight is 225 g/mol. The fraction of sp³-hybridized carbons (Fsp3) is 0.286. The van der Waals surface area contributed by atoms with Gasteiger partial charge in [0, 0.05) is 24.6 Å². The van der Waals surface area contributed by atoms with Gasteiger partial charge in [-0.25, -0.2) is 4.98 Å². The van der Waals surface area contributed by atoms with E-state index in [1.807, 2.05) is 12.1 Å². The van der Waals surface area contributed by atoms with Crippen molar-refractivity contribution in [3.63, 3.8) is 0 Å². The van der Waals surface area contributed by atoms with Crippen molar-refractivity contribution in [2.24, 2.45) is 0 Å². The van der Waals surface area contributed by atoms with E-state index >= 15 is 0 Å². The molecule has 0 saturated carbocycles. The van der Waals surface area contributed by atoms with Gasteiger partial charge in [-0.05, 0) is 49.6 Å². The molecule has 2 heterocycles. The Kier molecular flexibility index (Phi) is 2.97. The fourth-order valence-corrected chi connectivity index (χ4v) is 1.92. The molecule has 0 amide bonds. The van der Waals surface area contributed by atoms with Gasteiger partial charge in [0.25, 0.3) is 0 Å². The zero-order valence-corrected chi connectivity index (χ0v) is 10.4. The molecule has 2 aromatic rings. The number of aromatic nitrogens is 2. The van der Waals surface area contributed by atoms with Gasteiger partial charge < -0.3 is 4.57 Å². The number of hydrogen-bond donors (Lipinski definition) is 0. The van der Waals surface area contributed by atoms with Crippen molar-refractivity contribution in [1.82, 2.24) is 9.55 Å². The highest BCUT2D eigenvalue weighted by molar-refractivity contribution is 5.31. The predicted octanol–water partition coefficient (Wildman–Crippen LogP) is 2.73. The third-order valence-electron chi connectivity index (χ3n) is 3.21. The zero-order chi connectivity index (χ0) is 12.4. The molecule has 0 spiro atoms. The van der Waals surface area contributed by atoms with E-state index in [0.717, 1.165) is 12.1 Å². The van der Waals surface area contributed by atoms with Crippen LogP contribution in [0.5, 0.6) is 0 Å². The zero-order valence-electron chi connectivity index (χ0n) is 10.4. The topological polar surface area (TPSA) is 41.6 Å². The molecule has 0 bridgehead atoms. The first kappa shape index (κ1) is 11.4. The molecule has 0 radical (unpaired) electrons. The molecule has 3 nitrogen and oxygen atoms in total. The van der Waals surface area contributed by atoms with Crippen LogP contribution < -0.4 is 0 Å². The Labute approximate surface area is 101 Å². The Bertz CT molecular complexity index is 588. The number of nitriles is 1. The molecule has 2 aromatic heterocycles. The molecule has 0 fully saturated rings. The molecule has 0 saturated heterocycles. The highest BCUT2D eigenvalue weighted by Crippen LogP contribution is 2.16. The van der Waals surface area contributed by atoms with Crippen LogP contribution in [0.4, 0.5) is 0 Å². The summed E-state index contributed by atoms with van der Waals surface area (Å²) >= 11 is 0. The fourth-order valence-electron chi connectivity index (χ4n) is 1.92. The lowest BCUT2D eigenvalue weighted by Gasteiger charge is -2.06. The maximum absolute atomic E-state index is 8.81. The van der Waals surface area contributed by atoms with Crippen molar-refractivity contribution in [3.05, 3.63) is 52.6 Å². The summed E-state index contributed by atoms with van der Waals surface area (Å²) in [5.74, 6) is 0. The van der Waals surface area contributed by atoms with Gasteiger partial charge in [0.1, 0.15) is 11.8 Å². The average Bonchev–Trinajstić information content (AvgIpc) is 2.57. The lowest BCUT2D eigenvalue weighted by molar-refractivity contribution is 0.770. The van der Waals surface area contributed by atoms with Gasteiger partial charge in [0.15, 0.2) is 0 Å². The van der Waals surface area contributed by atoms with Crippen LogP contribution >= 0.6 is 0 Å². The molecule has 0 aliphatic rings. The summed E-state index contributed by atoms with van der Waals surface area (Å²) in [7, 11) is 0. The Morgan fingerprint density at radius 3 is 2.71 bits per heavy atom. The summed E-state index contributed by atoms with van der Waals surface area (Å²) in [6.45, 7) is 7.16. The third-order valence-corrected chi connectivity index (χ3v) is 3.21. The van der Waals surface area contributed by atoms with Gasteiger partial charge in [-0.15, -0.1) is 0 Å². The molecule has 0 aliphatic carbocycles. The second kappa shape index (κ2) is 4.42. The summed E-state index contributed by atoms with van der Waals surface area (Å²) in [6, 6.07) is 5.85. The second-order valence-electron chi connectivity index (χ2n) is 4.31. The largest absolute Gasteiger partial charge is 0.347 e. The van der Waals surface area contributed by atoms with Crippen molar-refractivity contribution in [2.75, 3.05) is 0 Å². The summed E-state index contributed by atoms with van der Waals surface area (Å²) in [5, 5.41) is 8.81. The predicted molar refractivity (Wildman–Crippen MR) is 66.7 cm³/mol. The van der Waals surface area contributed by atoms with Gasteiger partial charge in [-0.3, -0.25) is 0 Å². The van der Waals surface area contributed by atoms with Crippen LogP contribution in [0.3, 0.4) is 0 Å². The van der Waals surface area contributed by atoms with Crippen molar-refractivity contribution in [1.29, 1.82) is 5.26 Å². The van der Waals surface area contributed by atoms with Crippen LogP contribution in [0.1, 0.15) is 28.1 Å². The Morgan fingerprint density at radius 2 is 2.12 bits per heavy atom. The molecule has 0 aromatic carbocycles. The second-order valence-corrected chi connectivity index (χ2v) is 4.31. The molecule has 3 heteroatoms. The Hall–Kier alpha value is -2.08. The first-order valence-corrected chi connectivity index (χ1v) is 5.60. The first-order valence-electron chi connectivity index (χ1n) is 5.60. The third kappa shape index (κ3) is 2.21. The van der Waals surface area contributed by atoms with E-state index in [9.17, 15) is 0 Å². The molecular formula is C14H15N3. The summed E-state index contributed by atoms with van der Waals surface area (Å²) in [5.41, 5.74) is 5.49. The minimum absolute atomic E-state index is 0.473. The molecule has 0 unspecified atom stereocenters. The van der Waals surface area contributed by atoms with Gasteiger partial charge in [0.05, 0.1) is 0 Å². The monoisotopic (exact) mass is 225 g/mol. The molecule has 0 aliphatic heterocycles. The maximum atomic E-state index is 8.81. The van der Waals surface area contributed by atoms with E-state index in [4.69, 9.17) is 5.26 Å². The number of nitrogens with zero attached hydrogens (tertiary/aromatic N) is 3. The number of hydrogen-bond acceptors (Lipinski definition) is 2. The SMILES string of the molecule is Cc1cn(Cc2ccnc(C#N)c2)c(C)c1C. The van der Waals surface area contributed by atoms with Crippen LogP contribution in [-0.2, 0) is 6.54 Å². The molecule has 2 rings (SSSR count). The van der Waals surface area contributed by atoms with Crippen molar-refractivity contribution < 1.29 is 0 Å². The minimum Gasteiger partial charge on any atom is -0.347 e. The van der Waals surface area contributed by atoms with Crippen LogP contribution in [0.25, 0.3) is 0 Å². The van der Waals surface area contributed by atoms with Gasteiger partial charge in [-0.1, -0.05) is 0 Å². The highest BCUT2D eigenvalue weighted by atomic mass is 15.0. The van der Waals surface area contributed by atoms with Crippen LogP contribution in [0.2, 0.25) is 0 Å². The van der Waals surface area contributed by atoms with Crippen molar-refractivity contribution >= 4 is 0 Å². The van der Waals surface area contributed by atoms with E-state index in [0.29, 0.717) is 5.69 Å². The quantitative estimate of drug-likeness (QED) is 0.788. The molecule has 86 valence electrons. The lowest BCUT2D eigenvalue weighted by atomic mass is 10.2. The van der Waals surface area contributed by atoms with E-state index in [-0.39, 0.29) is 0 Å².